The normalized spacial score (nSPS) is 12.8. The molecular weight excluding hydrogens is 334 g/mol. The molecule has 0 radical (unpaired) electrons. The van der Waals surface area contributed by atoms with E-state index >= 15 is 0 Å². The maximum absolute atomic E-state index is 6.28. The van der Waals surface area contributed by atoms with E-state index in [4.69, 9.17) is 5.73 Å². The number of nitrogens with two attached hydrogens (primary N) is 1. The van der Waals surface area contributed by atoms with Crippen LogP contribution in [0.3, 0.4) is 0 Å². The Balaban J connectivity index is 1.85. The molecule has 3 nitrogen and oxygen atoms in total. The third kappa shape index (κ3) is 3.93. The topological polar surface area (TPSA) is 43.8 Å². The minimum Gasteiger partial charge on any atom is -0.327 e. The summed E-state index contributed by atoms with van der Waals surface area (Å²) in [6.07, 6.45) is 5.17. The first-order valence-corrected chi connectivity index (χ1v) is 8.77. The summed E-state index contributed by atoms with van der Waals surface area (Å²) in [7, 11) is 2.00. The largest absolute Gasteiger partial charge is 0.327 e. The first-order chi connectivity index (χ1) is 9.61. The van der Waals surface area contributed by atoms with Crippen LogP contribution in [0.4, 0.5) is 0 Å². The fraction of sp³-hybridized carbons (Fsp3) is 0.533. The molecule has 2 aromatic rings. The molecule has 0 spiro atoms. The summed E-state index contributed by atoms with van der Waals surface area (Å²) in [4.78, 5) is 1.45. The number of thiophene rings is 1. The zero-order valence-corrected chi connectivity index (χ0v) is 14.5. The minimum absolute atomic E-state index is 0.200. The lowest BCUT2D eigenvalue weighted by Crippen LogP contribution is -2.24. The molecule has 2 aromatic heterocycles. The predicted molar refractivity (Wildman–Crippen MR) is 89.2 cm³/mol. The number of nitrogens with zero attached hydrogens (tertiary/aromatic N) is 2. The molecule has 1 atom stereocenters. The van der Waals surface area contributed by atoms with Crippen molar-refractivity contribution in [3.63, 3.8) is 0 Å². The second kappa shape index (κ2) is 7.38. The molecule has 0 bridgehead atoms. The summed E-state index contributed by atoms with van der Waals surface area (Å²) in [6.45, 7) is 2.12. The van der Waals surface area contributed by atoms with Crippen LogP contribution in [-0.4, -0.2) is 15.8 Å². The summed E-state index contributed by atoms with van der Waals surface area (Å²) >= 11 is 5.48. The highest BCUT2D eigenvalue weighted by molar-refractivity contribution is 9.10. The lowest BCUT2D eigenvalue weighted by Gasteiger charge is -2.12. The minimum atomic E-state index is 0.200. The van der Waals surface area contributed by atoms with Gasteiger partial charge in [-0.25, -0.2) is 0 Å². The summed E-state index contributed by atoms with van der Waals surface area (Å²) < 4.78 is 3.10. The van der Waals surface area contributed by atoms with Gasteiger partial charge in [0.05, 0.1) is 15.9 Å². The van der Waals surface area contributed by atoms with Crippen LogP contribution in [0.1, 0.15) is 36.0 Å². The average molecular weight is 356 g/mol. The summed E-state index contributed by atoms with van der Waals surface area (Å²) in [5.74, 6) is 0. The fourth-order valence-corrected chi connectivity index (χ4v) is 3.91. The van der Waals surface area contributed by atoms with Crippen molar-refractivity contribution in [2.45, 2.75) is 45.1 Å². The molecule has 0 aliphatic rings. The molecule has 2 heterocycles. The molecule has 0 saturated carbocycles. The van der Waals surface area contributed by atoms with Crippen molar-refractivity contribution >= 4 is 27.3 Å². The first-order valence-electron chi connectivity index (χ1n) is 7.10. The van der Waals surface area contributed by atoms with Gasteiger partial charge in [0.1, 0.15) is 0 Å². The van der Waals surface area contributed by atoms with Crippen molar-refractivity contribution in [1.82, 2.24) is 9.78 Å². The van der Waals surface area contributed by atoms with E-state index in [0.29, 0.717) is 0 Å². The Kier molecular flexibility index (Phi) is 5.81. The Morgan fingerprint density at radius 2 is 2.30 bits per heavy atom. The van der Waals surface area contributed by atoms with Crippen molar-refractivity contribution in [1.29, 1.82) is 0 Å². The molecule has 2 rings (SSSR count). The fourth-order valence-electron chi connectivity index (χ4n) is 2.39. The van der Waals surface area contributed by atoms with Crippen LogP contribution < -0.4 is 5.73 Å². The molecule has 0 aromatic carbocycles. The number of rotatable bonds is 7. The Morgan fingerprint density at radius 1 is 1.50 bits per heavy atom. The highest BCUT2D eigenvalue weighted by Crippen LogP contribution is 2.23. The Labute approximate surface area is 133 Å². The quantitative estimate of drug-likeness (QED) is 0.822. The van der Waals surface area contributed by atoms with Crippen molar-refractivity contribution in [3.8, 4) is 0 Å². The van der Waals surface area contributed by atoms with Gasteiger partial charge in [-0.05, 0) is 53.1 Å². The van der Waals surface area contributed by atoms with E-state index in [-0.39, 0.29) is 6.04 Å². The average Bonchev–Trinajstić information content (AvgIpc) is 3.02. The third-order valence-corrected chi connectivity index (χ3v) is 5.39. The summed E-state index contributed by atoms with van der Waals surface area (Å²) in [6, 6.07) is 4.51. The van der Waals surface area contributed by atoms with Gasteiger partial charge in [-0.1, -0.05) is 13.0 Å². The molecular formula is C15H22BrN3S. The molecule has 20 heavy (non-hydrogen) atoms. The predicted octanol–water partition coefficient (Wildman–Crippen LogP) is 3.70. The highest BCUT2D eigenvalue weighted by Gasteiger charge is 2.15. The SMILES string of the molecule is CCc1nn(C)c(CC(N)CCCc2cccs2)c1Br. The van der Waals surface area contributed by atoms with Crippen LogP contribution in [0.2, 0.25) is 0 Å². The lowest BCUT2D eigenvalue weighted by molar-refractivity contribution is 0.556. The summed E-state index contributed by atoms with van der Waals surface area (Å²) in [5, 5.41) is 6.65. The van der Waals surface area contributed by atoms with Crippen LogP contribution in [-0.2, 0) is 26.3 Å². The van der Waals surface area contributed by atoms with Gasteiger partial charge in [0.25, 0.3) is 0 Å². The van der Waals surface area contributed by atoms with Crippen molar-refractivity contribution in [3.05, 3.63) is 38.3 Å². The van der Waals surface area contributed by atoms with Crippen molar-refractivity contribution < 1.29 is 0 Å². The van der Waals surface area contributed by atoms with Gasteiger partial charge in [-0.2, -0.15) is 5.10 Å². The molecule has 5 heteroatoms. The van der Waals surface area contributed by atoms with E-state index in [1.807, 2.05) is 23.1 Å². The van der Waals surface area contributed by atoms with Crippen LogP contribution in [0.5, 0.6) is 0 Å². The van der Waals surface area contributed by atoms with E-state index in [0.717, 1.165) is 42.3 Å². The number of hydrogen-bond donors (Lipinski definition) is 1. The Bertz CT molecular complexity index is 534. The maximum atomic E-state index is 6.28. The zero-order valence-electron chi connectivity index (χ0n) is 12.1. The summed E-state index contributed by atoms with van der Waals surface area (Å²) in [5.41, 5.74) is 8.61. The standard InChI is InChI=1S/C15H22BrN3S/c1-3-13-15(16)14(19(2)18-13)10-11(17)6-4-7-12-8-5-9-20-12/h5,8-9,11H,3-4,6-7,10,17H2,1-2H3. The molecule has 0 saturated heterocycles. The van der Waals surface area contributed by atoms with Crippen LogP contribution in [0.15, 0.2) is 22.0 Å². The van der Waals surface area contributed by atoms with Gasteiger partial charge in [-0.15, -0.1) is 11.3 Å². The number of aromatic nitrogens is 2. The maximum Gasteiger partial charge on any atom is 0.0766 e. The van der Waals surface area contributed by atoms with E-state index in [9.17, 15) is 0 Å². The van der Waals surface area contributed by atoms with Gasteiger partial charge in [0, 0.05) is 24.4 Å². The smallest absolute Gasteiger partial charge is 0.0766 e. The second-order valence-corrected chi connectivity index (χ2v) is 6.95. The van der Waals surface area contributed by atoms with Crippen molar-refractivity contribution in [2.75, 3.05) is 0 Å². The molecule has 0 aliphatic heterocycles. The van der Waals surface area contributed by atoms with E-state index in [2.05, 4.69) is 45.5 Å². The number of aryl methyl sites for hydroxylation is 3. The van der Waals surface area contributed by atoms with E-state index in [1.165, 1.54) is 10.6 Å². The van der Waals surface area contributed by atoms with Crippen LogP contribution >= 0.6 is 27.3 Å². The molecule has 0 amide bonds. The number of hydrogen-bond acceptors (Lipinski definition) is 3. The van der Waals surface area contributed by atoms with Gasteiger partial charge in [0.2, 0.25) is 0 Å². The van der Waals surface area contributed by atoms with Gasteiger partial charge >= 0.3 is 0 Å². The van der Waals surface area contributed by atoms with Gasteiger partial charge in [-0.3, -0.25) is 4.68 Å². The van der Waals surface area contributed by atoms with Crippen molar-refractivity contribution in [2.24, 2.45) is 12.8 Å². The number of halogens is 1. The molecule has 1 unspecified atom stereocenters. The Hall–Kier alpha value is -0.650. The third-order valence-electron chi connectivity index (χ3n) is 3.54. The van der Waals surface area contributed by atoms with E-state index in [1.54, 1.807) is 0 Å². The molecule has 0 aliphatic carbocycles. The van der Waals surface area contributed by atoms with Gasteiger partial charge in [0.15, 0.2) is 0 Å². The molecule has 0 fully saturated rings. The molecule has 110 valence electrons. The first kappa shape index (κ1) is 15.7. The highest BCUT2D eigenvalue weighted by atomic mass is 79.9. The van der Waals surface area contributed by atoms with E-state index < -0.39 is 0 Å². The van der Waals surface area contributed by atoms with Crippen LogP contribution in [0, 0.1) is 0 Å². The molecule has 2 N–H and O–H groups in total. The Morgan fingerprint density at radius 3 is 2.90 bits per heavy atom. The van der Waals surface area contributed by atoms with Crippen LogP contribution in [0.25, 0.3) is 0 Å². The zero-order chi connectivity index (χ0) is 14.5. The lowest BCUT2D eigenvalue weighted by atomic mass is 10.0. The monoisotopic (exact) mass is 355 g/mol. The van der Waals surface area contributed by atoms with Gasteiger partial charge < -0.3 is 5.73 Å². The second-order valence-electron chi connectivity index (χ2n) is 5.12.